The minimum atomic E-state index is -0.315. The van der Waals surface area contributed by atoms with Crippen LogP contribution in [0, 0.1) is 12.8 Å². The van der Waals surface area contributed by atoms with Crippen LogP contribution in [-0.2, 0) is 11.8 Å². The van der Waals surface area contributed by atoms with E-state index in [9.17, 15) is 9.59 Å². The number of hydrogen-bond donors (Lipinski definition) is 2. The third-order valence-corrected chi connectivity index (χ3v) is 8.54. The molecule has 2 saturated heterocycles. The van der Waals surface area contributed by atoms with Crippen molar-refractivity contribution in [2.24, 2.45) is 5.92 Å². The average molecular weight is 566 g/mol. The second-order valence-corrected chi connectivity index (χ2v) is 12.8. The fraction of sp³-hybridized carbons (Fsp3) is 0.382. The molecule has 0 spiro atoms. The molecule has 6 rings (SSSR count). The van der Waals surface area contributed by atoms with Crippen molar-refractivity contribution in [3.05, 3.63) is 95.6 Å². The molecule has 2 aliphatic rings. The predicted molar refractivity (Wildman–Crippen MR) is 164 cm³/mol. The summed E-state index contributed by atoms with van der Waals surface area (Å²) in [6.07, 6.45) is 8.14. The summed E-state index contributed by atoms with van der Waals surface area (Å²) in [5.74, 6) is 1.20. The second kappa shape index (κ2) is 11.2. The Morgan fingerprint density at radius 2 is 1.71 bits per heavy atom. The van der Waals surface area contributed by atoms with Gasteiger partial charge in [-0.25, -0.2) is 9.48 Å². The molecule has 8 nitrogen and oxygen atoms in total. The summed E-state index contributed by atoms with van der Waals surface area (Å²) in [7, 11) is 0. The van der Waals surface area contributed by atoms with Crippen LogP contribution in [0.3, 0.4) is 0 Å². The van der Waals surface area contributed by atoms with Gasteiger partial charge in [-0.1, -0.05) is 50.6 Å². The number of nitrogens with zero attached hydrogens (tertiary/aromatic N) is 3. The van der Waals surface area contributed by atoms with Crippen molar-refractivity contribution in [2.45, 2.75) is 77.3 Å². The van der Waals surface area contributed by atoms with Gasteiger partial charge in [0.1, 0.15) is 12.1 Å². The zero-order chi connectivity index (χ0) is 29.4. The molecule has 2 aliphatic heterocycles. The molecule has 42 heavy (non-hydrogen) atoms. The first kappa shape index (κ1) is 27.8. The molecule has 3 amide bonds. The van der Waals surface area contributed by atoms with Gasteiger partial charge in [-0.2, -0.15) is 5.10 Å². The van der Waals surface area contributed by atoms with Crippen molar-refractivity contribution in [3.63, 3.8) is 0 Å². The molecular weight excluding hydrogens is 526 g/mol. The highest BCUT2D eigenvalue weighted by Gasteiger charge is 2.43. The topological polar surface area (TPSA) is 92.4 Å². The molecule has 218 valence electrons. The van der Waals surface area contributed by atoms with Crippen LogP contribution in [0.5, 0.6) is 0 Å². The molecule has 0 saturated carbocycles. The molecule has 2 N–H and O–H groups in total. The monoisotopic (exact) mass is 565 g/mol. The van der Waals surface area contributed by atoms with Crippen LogP contribution >= 0.6 is 0 Å². The summed E-state index contributed by atoms with van der Waals surface area (Å²) >= 11 is 0. The van der Waals surface area contributed by atoms with Gasteiger partial charge in [-0.05, 0) is 80.8 Å². The van der Waals surface area contributed by atoms with E-state index in [-0.39, 0.29) is 29.4 Å². The number of rotatable bonds is 6. The molecule has 0 radical (unpaired) electrons. The number of carbonyl (C=O) groups is 2. The quantitative estimate of drug-likeness (QED) is 0.256. The zero-order valence-electron chi connectivity index (χ0n) is 24.8. The highest BCUT2D eigenvalue weighted by atomic mass is 16.3. The van der Waals surface area contributed by atoms with Crippen molar-refractivity contribution in [1.29, 1.82) is 0 Å². The maximum atomic E-state index is 13.2. The summed E-state index contributed by atoms with van der Waals surface area (Å²) in [6.45, 7) is 8.37. The standard InChI is InChI=1S/C34H39N5O3/c1-22-8-10-27(11-9-22)39-31(20-30(37-39)34(2,3)4)36-33(41)35-26-7-5-6-23(17-26)16-24-18-28-12-13-29(19-24)38(28)32(40)25-14-15-42-21-25/h5-11,14-15,17,20-21,24,28-29H,12-13,16,18-19H2,1-4H3,(H2,35,36,41). The molecule has 4 aromatic rings. The molecule has 2 aromatic carbocycles. The van der Waals surface area contributed by atoms with Crippen LogP contribution in [0.2, 0.25) is 0 Å². The van der Waals surface area contributed by atoms with Crippen molar-refractivity contribution in [3.8, 4) is 5.69 Å². The van der Waals surface area contributed by atoms with Crippen molar-refractivity contribution < 1.29 is 14.0 Å². The van der Waals surface area contributed by atoms with Gasteiger partial charge in [0.2, 0.25) is 0 Å². The van der Waals surface area contributed by atoms with Crippen molar-refractivity contribution in [1.82, 2.24) is 14.7 Å². The molecule has 8 heteroatoms. The Kier molecular flexibility index (Phi) is 7.39. The Morgan fingerprint density at radius 3 is 2.38 bits per heavy atom. The number of nitrogens with one attached hydrogen (secondary N) is 2. The van der Waals surface area contributed by atoms with Gasteiger partial charge in [-0.3, -0.25) is 10.1 Å². The fourth-order valence-corrected chi connectivity index (χ4v) is 6.43. The smallest absolute Gasteiger partial charge is 0.324 e. The molecule has 2 atom stereocenters. The summed E-state index contributed by atoms with van der Waals surface area (Å²) < 4.78 is 6.93. The minimum Gasteiger partial charge on any atom is -0.472 e. The molecule has 2 bridgehead atoms. The van der Waals surface area contributed by atoms with E-state index in [1.807, 2.05) is 49.4 Å². The first-order chi connectivity index (χ1) is 20.1. The van der Waals surface area contributed by atoms with E-state index in [2.05, 4.69) is 48.4 Å². The lowest BCUT2D eigenvalue weighted by molar-refractivity contribution is 0.0524. The number of hydrogen-bond acceptors (Lipinski definition) is 4. The Bertz CT molecular complexity index is 1550. The Labute approximate surface area is 247 Å². The molecule has 2 unspecified atom stereocenters. The number of anilines is 2. The van der Waals surface area contributed by atoms with E-state index < -0.39 is 0 Å². The van der Waals surface area contributed by atoms with Crippen LogP contribution in [0.15, 0.2) is 77.6 Å². The lowest BCUT2D eigenvalue weighted by atomic mass is 9.85. The third kappa shape index (κ3) is 5.84. The average Bonchev–Trinajstić information content (AvgIpc) is 3.68. The molecule has 2 fully saturated rings. The fourth-order valence-electron chi connectivity index (χ4n) is 6.43. The summed E-state index contributed by atoms with van der Waals surface area (Å²) in [6, 6.07) is 20.1. The first-order valence-corrected chi connectivity index (χ1v) is 14.8. The van der Waals surface area contributed by atoms with Gasteiger partial charge in [0, 0.05) is 29.3 Å². The SMILES string of the molecule is Cc1ccc(-n2nc(C(C)(C)C)cc2NC(=O)Nc2cccc(CC3CC4CCC(C3)N4C(=O)c3ccoc3)c2)cc1. The first-order valence-electron chi connectivity index (χ1n) is 14.8. The molecule has 4 heterocycles. The predicted octanol–water partition coefficient (Wildman–Crippen LogP) is 7.34. The molecule has 2 aromatic heterocycles. The largest absolute Gasteiger partial charge is 0.472 e. The van der Waals surface area contributed by atoms with E-state index >= 15 is 0 Å². The molecular formula is C34H39N5O3. The summed E-state index contributed by atoms with van der Waals surface area (Å²) in [5, 5.41) is 10.9. The zero-order valence-corrected chi connectivity index (χ0v) is 24.8. The second-order valence-electron chi connectivity index (χ2n) is 12.8. The van der Waals surface area contributed by atoms with E-state index in [1.165, 1.54) is 5.56 Å². The maximum Gasteiger partial charge on any atom is 0.324 e. The van der Waals surface area contributed by atoms with Crippen LogP contribution < -0.4 is 10.6 Å². The lowest BCUT2D eigenvalue weighted by Crippen LogP contribution is -2.46. The number of aryl methyl sites for hydroxylation is 1. The molecule has 0 aliphatic carbocycles. The summed E-state index contributed by atoms with van der Waals surface area (Å²) in [5.41, 5.74) is 5.35. The minimum absolute atomic E-state index is 0.0882. The Morgan fingerprint density at radius 1 is 0.976 bits per heavy atom. The van der Waals surface area contributed by atoms with Gasteiger partial charge < -0.3 is 14.6 Å². The van der Waals surface area contributed by atoms with Gasteiger partial charge >= 0.3 is 6.03 Å². The number of benzene rings is 2. The van der Waals surface area contributed by atoms with Crippen LogP contribution in [0.1, 0.15) is 73.6 Å². The maximum absolute atomic E-state index is 13.2. The highest BCUT2D eigenvalue weighted by molar-refractivity contribution is 5.99. The number of urea groups is 1. The number of carbonyl (C=O) groups excluding carboxylic acids is 2. The summed E-state index contributed by atoms with van der Waals surface area (Å²) in [4.78, 5) is 28.3. The Balaban J connectivity index is 1.11. The lowest BCUT2D eigenvalue weighted by Gasteiger charge is -2.39. The van der Waals surface area contributed by atoms with Gasteiger partial charge in [-0.15, -0.1) is 0 Å². The van der Waals surface area contributed by atoms with Crippen molar-refractivity contribution in [2.75, 3.05) is 10.6 Å². The number of amides is 3. The number of fused-ring (bicyclic) bond motifs is 2. The number of piperidine rings is 1. The normalized spacial score (nSPS) is 20.0. The number of furan rings is 1. The van der Waals surface area contributed by atoms with Gasteiger partial charge in [0.05, 0.1) is 23.2 Å². The van der Waals surface area contributed by atoms with Crippen LogP contribution in [0.25, 0.3) is 5.69 Å². The van der Waals surface area contributed by atoms with Gasteiger partial charge in [0.25, 0.3) is 5.91 Å². The number of aromatic nitrogens is 2. The van der Waals surface area contributed by atoms with Crippen LogP contribution in [0.4, 0.5) is 16.3 Å². The van der Waals surface area contributed by atoms with E-state index in [4.69, 9.17) is 9.52 Å². The third-order valence-electron chi connectivity index (χ3n) is 8.54. The Hall–Kier alpha value is -4.33. The van der Waals surface area contributed by atoms with E-state index in [0.717, 1.165) is 54.7 Å². The highest BCUT2D eigenvalue weighted by Crippen LogP contribution is 2.41. The van der Waals surface area contributed by atoms with Crippen LogP contribution in [-0.4, -0.2) is 38.7 Å². The van der Waals surface area contributed by atoms with E-state index in [1.54, 1.807) is 23.3 Å². The van der Waals surface area contributed by atoms with E-state index in [0.29, 0.717) is 17.3 Å². The van der Waals surface area contributed by atoms with Crippen molar-refractivity contribution >= 4 is 23.4 Å². The van der Waals surface area contributed by atoms with Gasteiger partial charge in [0.15, 0.2) is 0 Å².